The largest absolute Gasteiger partial charge is 0.332 e. The van der Waals surface area contributed by atoms with Crippen molar-refractivity contribution in [3.8, 4) is 0 Å². The fourth-order valence-corrected chi connectivity index (χ4v) is 2.62. The number of nitrogens with zero attached hydrogens (tertiary/aromatic N) is 3. The number of hydrogen-bond donors (Lipinski definition) is 2. The van der Waals surface area contributed by atoms with Crippen LogP contribution in [0.4, 0.5) is 17.2 Å². The van der Waals surface area contributed by atoms with Gasteiger partial charge in [-0.15, -0.1) is 0 Å². The first-order valence-electron chi connectivity index (χ1n) is 7.60. The van der Waals surface area contributed by atoms with Crippen molar-refractivity contribution in [2.24, 2.45) is 0 Å². The van der Waals surface area contributed by atoms with Crippen molar-refractivity contribution in [2.45, 2.75) is 6.54 Å². The van der Waals surface area contributed by atoms with Crippen molar-refractivity contribution < 1.29 is 4.92 Å². The van der Waals surface area contributed by atoms with E-state index in [9.17, 15) is 10.1 Å². The Morgan fingerprint density at radius 1 is 1.19 bits per heavy atom. The minimum Gasteiger partial charge on any atom is -0.332 e. The average molecular weight is 388 g/mol. The number of aromatic nitrogens is 2. The Morgan fingerprint density at radius 2 is 1.96 bits per heavy atom. The molecule has 0 aliphatic carbocycles. The lowest BCUT2D eigenvalue weighted by molar-refractivity contribution is -0.384. The first-order valence-corrected chi connectivity index (χ1v) is 8.38. The quantitative estimate of drug-likeness (QED) is 0.385. The maximum atomic E-state index is 10.8. The topological polar surface area (TPSA) is 85.0 Å². The Morgan fingerprint density at radius 3 is 2.69 bits per heavy atom. The fraction of sp³-hybridized carbons (Fsp3) is 0.0588. The molecule has 1 heterocycles. The Labute approximate surface area is 159 Å². The zero-order valence-corrected chi connectivity index (χ0v) is 15.0. The summed E-state index contributed by atoms with van der Waals surface area (Å²) < 4.78 is 1.77. The fourth-order valence-electron chi connectivity index (χ4n) is 2.27. The van der Waals surface area contributed by atoms with E-state index < -0.39 is 4.92 Å². The predicted molar refractivity (Wildman–Crippen MR) is 106 cm³/mol. The van der Waals surface area contributed by atoms with Crippen LogP contribution in [0.15, 0.2) is 60.8 Å². The minimum atomic E-state index is -0.458. The highest BCUT2D eigenvalue weighted by atomic mass is 35.5. The molecule has 2 N–H and O–H groups in total. The van der Waals surface area contributed by atoms with E-state index in [1.807, 2.05) is 30.5 Å². The van der Waals surface area contributed by atoms with Gasteiger partial charge in [0.05, 0.1) is 11.5 Å². The number of rotatable bonds is 5. The Bertz CT molecular complexity index is 942. The molecule has 0 amide bonds. The molecule has 1 aromatic heterocycles. The second-order valence-electron chi connectivity index (χ2n) is 5.41. The standard InChI is InChI=1S/C17H14ClN5O2S/c18-13-6-4-12(5-7-13)11-22-9-8-16(21-22)20-17(26)19-14-2-1-3-15(10-14)23(24)25/h1-10H,11H2,(H2,19,20,21,26). The van der Waals surface area contributed by atoms with Crippen LogP contribution in [0.25, 0.3) is 0 Å². The molecule has 0 bridgehead atoms. The lowest BCUT2D eigenvalue weighted by Crippen LogP contribution is -2.19. The van der Waals surface area contributed by atoms with Crippen molar-refractivity contribution in [1.82, 2.24) is 9.78 Å². The highest BCUT2D eigenvalue weighted by Crippen LogP contribution is 2.17. The first-order chi connectivity index (χ1) is 12.5. The highest BCUT2D eigenvalue weighted by molar-refractivity contribution is 7.80. The number of nitro groups is 1. The average Bonchev–Trinajstić information content (AvgIpc) is 3.04. The zero-order valence-electron chi connectivity index (χ0n) is 13.4. The lowest BCUT2D eigenvalue weighted by atomic mass is 10.2. The van der Waals surface area contributed by atoms with Gasteiger partial charge in [0.25, 0.3) is 5.69 Å². The summed E-state index contributed by atoms with van der Waals surface area (Å²) in [4.78, 5) is 10.4. The van der Waals surface area contributed by atoms with Crippen LogP contribution in [0.3, 0.4) is 0 Å². The normalized spacial score (nSPS) is 10.3. The summed E-state index contributed by atoms with van der Waals surface area (Å²) in [7, 11) is 0. The Kier molecular flexibility index (Phi) is 5.45. The smallest absolute Gasteiger partial charge is 0.271 e. The van der Waals surface area contributed by atoms with Gasteiger partial charge in [-0.05, 0) is 36.0 Å². The second kappa shape index (κ2) is 7.94. The van der Waals surface area contributed by atoms with Gasteiger partial charge in [0.1, 0.15) is 0 Å². The molecule has 7 nitrogen and oxygen atoms in total. The summed E-state index contributed by atoms with van der Waals surface area (Å²) in [5, 5.41) is 22.0. The van der Waals surface area contributed by atoms with E-state index in [0.29, 0.717) is 28.2 Å². The first kappa shape index (κ1) is 17.8. The maximum Gasteiger partial charge on any atom is 0.271 e. The number of hydrogen-bond acceptors (Lipinski definition) is 4. The minimum absolute atomic E-state index is 0.00922. The maximum absolute atomic E-state index is 10.8. The number of nitrogens with one attached hydrogen (secondary N) is 2. The molecule has 0 spiro atoms. The number of anilines is 2. The van der Waals surface area contributed by atoms with Crippen molar-refractivity contribution in [2.75, 3.05) is 10.6 Å². The van der Waals surface area contributed by atoms with Gasteiger partial charge in [0.2, 0.25) is 0 Å². The number of non-ortho nitro benzene ring substituents is 1. The number of thiocarbonyl (C=S) groups is 1. The zero-order chi connectivity index (χ0) is 18.5. The predicted octanol–water partition coefficient (Wildman–Crippen LogP) is 4.30. The van der Waals surface area contributed by atoms with Crippen LogP contribution < -0.4 is 10.6 Å². The summed E-state index contributed by atoms with van der Waals surface area (Å²) in [6.45, 7) is 0.601. The van der Waals surface area contributed by atoms with Gasteiger partial charge in [-0.2, -0.15) is 5.10 Å². The van der Waals surface area contributed by atoms with Crippen molar-refractivity contribution in [3.05, 3.63) is 81.5 Å². The molecule has 26 heavy (non-hydrogen) atoms. The molecule has 0 saturated carbocycles. The van der Waals surface area contributed by atoms with Crippen LogP contribution in [0.2, 0.25) is 5.02 Å². The van der Waals surface area contributed by atoms with E-state index in [1.54, 1.807) is 22.9 Å². The van der Waals surface area contributed by atoms with Gasteiger partial charge in [-0.1, -0.05) is 29.8 Å². The molecule has 0 unspecified atom stereocenters. The SMILES string of the molecule is O=[N+]([O-])c1cccc(NC(=S)Nc2ccn(Cc3ccc(Cl)cc3)n2)c1. The van der Waals surface area contributed by atoms with Gasteiger partial charge in [-0.3, -0.25) is 14.8 Å². The molecule has 0 fully saturated rings. The van der Waals surface area contributed by atoms with Crippen molar-refractivity contribution in [1.29, 1.82) is 0 Å². The number of benzene rings is 2. The van der Waals surface area contributed by atoms with E-state index in [1.165, 1.54) is 12.1 Å². The Balaban J connectivity index is 1.60. The molecule has 0 atom stereocenters. The van der Waals surface area contributed by atoms with Crippen molar-refractivity contribution >= 4 is 46.1 Å². The molecule has 3 rings (SSSR count). The number of halogens is 1. The molecule has 3 aromatic rings. The third kappa shape index (κ3) is 4.78. The molecule has 2 aromatic carbocycles. The van der Waals surface area contributed by atoms with Crippen LogP contribution in [0, 0.1) is 10.1 Å². The van der Waals surface area contributed by atoms with Crippen LogP contribution in [-0.4, -0.2) is 19.8 Å². The van der Waals surface area contributed by atoms with Crippen LogP contribution >= 0.6 is 23.8 Å². The number of nitro benzene ring substituents is 1. The van der Waals surface area contributed by atoms with Crippen molar-refractivity contribution in [3.63, 3.8) is 0 Å². The summed E-state index contributed by atoms with van der Waals surface area (Å²) in [5.74, 6) is 0.571. The molecule has 0 aliphatic rings. The third-order valence-electron chi connectivity index (χ3n) is 3.45. The molecule has 132 valence electrons. The molecular weight excluding hydrogens is 374 g/mol. The van der Waals surface area contributed by atoms with Crippen LogP contribution in [0.1, 0.15) is 5.56 Å². The summed E-state index contributed by atoms with van der Waals surface area (Å²) in [6.07, 6.45) is 1.83. The van der Waals surface area contributed by atoms with Crippen LogP contribution in [-0.2, 0) is 6.54 Å². The van der Waals surface area contributed by atoms with Crippen LogP contribution in [0.5, 0.6) is 0 Å². The molecule has 0 radical (unpaired) electrons. The van der Waals surface area contributed by atoms with Gasteiger partial charge in [-0.25, -0.2) is 0 Å². The monoisotopic (exact) mass is 387 g/mol. The summed E-state index contributed by atoms with van der Waals surface area (Å²) in [5.41, 5.74) is 1.59. The van der Waals surface area contributed by atoms with E-state index in [4.69, 9.17) is 23.8 Å². The summed E-state index contributed by atoms with van der Waals surface area (Å²) >= 11 is 11.1. The lowest BCUT2D eigenvalue weighted by Gasteiger charge is -2.08. The van der Waals surface area contributed by atoms with E-state index in [2.05, 4.69) is 15.7 Å². The van der Waals surface area contributed by atoms with Gasteiger partial charge in [0.15, 0.2) is 10.9 Å². The Hall–Kier alpha value is -2.97. The molecular formula is C17H14ClN5O2S. The van der Waals surface area contributed by atoms with E-state index >= 15 is 0 Å². The molecule has 0 aliphatic heterocycles. The third-order valence-corrected chi connectivity index (χ3v) is 3.91. The van der Waals surface area contributed by atoms with Gasteiger partial charge < -0.3 is 10.6 Å². The van der Waals surface area contributed by atoms with Gasteiger partial charge in [0, 0.05) is 35.1 Å². The van der Waals surface area contributed by atoms with E-state index in [-0.39, 0.29) is 5.69 Å². The second-order valence-corrected chi connectivity index (χ2v) is 6.26. The summed E-state index contributed by atoms with van der Waals surface area (Å²) in [6, 6.07) is 15.4. The highest BCUT2D eigenvalue weighted by Gasteiger charge is 2.07. The molecule has 9 heteroatoms. The molecule has 0 saturated heterocycles. The van der Waals surface area contributed by atoms with Gasteiger partial charge >= 0.3 is 0 Å². The van der Waals surface area contributed by atoms with E-state index in [0.717, 1.165) is 5.56 Å².